The largest absolute Gasteiger partial charge is 0.484 e. The number of aryl methyl sites for hydroxylation is 1. The van der Waals surface area contributed by atoms with Crippen LogP contribution in [0.1, 0.15) is 29.5 Å². The lowest BCUT2D eigenvalue weighted by atomic mass is 10.0. The standard InChI is InChI=1S/C23H28F3N3O2/c1-17-5-2-3-7-19(17)15-29-11-9-20(10-12-29)28-22(30)27-14-18-6-4-8-21(13-18)31-16-23(24,25)26/h2-8,13,20H,9-12,14-16H2,1H3,(H2,27,28,30). The summed E-state index contributed by atoms with van der Waals surface area (Å²) in [7, 11) is 0. The topological polar surface area (TPSA) is 53.6 Å². The lowest BCUT2D eigenvalue weighted by Gasteiger charge is -2.32. The molecule has 168 valence electrons. The van der Waals surface area contributed by atoms with Crippen LogP contribution in [0, 0.1) is 6.92 Å². The lowest BCUT2D eigenvalue weighted by Crippen LogP contribution is -2.47. The smallest absolute Gasteiger partial charge is 0.422 e. The van der Waals surface area contributed by atoms with Crippen LogP contribution in [0.3, 0.4) is 0 Å². The number of piperidine rings is 1. The Balaban J connectivity index is 1.38. The first-order chi connectivity index (χ1) is 14.8. The van der Waals surface area contributed by atoms with Gasteiger partial charge in [-0.15, -0.1) is 0 Å². The van der Waals surface area contributed by atoms with E-state index in [9.17, 15) is 18.0 Å². The fourth-order valence-corrected chi connectivity index (χ4v) is 3.59. The maximum absolute atomic E-state index is 12.3. The normalized spacial score (nSPS) is 15.5. The molecule has 0 radical (unpaired) electrons. The number of halogens is 3. The van der Waals surface area contributed by atoms with Gasteiger partial charge >= 0.3 is 12.2 Å². The molecule has 1 fully saturated rings. The predicted molar refractivity (Wildman–Crippen MR) is 113 cm³/mol. The average molecular weight is 435 g/mol. The molecular weight excluding hydrogens is 407 g/mol. The molecule has 1 saturated heterocycles. The van der Waals surface area contributed by atoms with Crippen LogP contribution in [0.15, 0.2) is 48.5 Å². The third kappa shape index (κ3) is 7.79. The van der Waals surface area contributed by atoms with E-state index in [1.54, 1.807) is 12.1 Å². The number of nitrogens with one attached hydrogen (secondary N) is 2. The van der Waals surface area contributed by atoms with Crippen molar-refractivity contribution in [3.8, 4) is 5.75 Å². The van der Waals surface area contributed by atoms with Crippen molar-refractivity contribution in [2.45, 2.75) is 45.1 Å². The number of likely N-dealkylation sites (tertiary alicyclic amines) is 1. The highest BCUT2D eigenvalue weighted by Crippen LogP contribution is 2.19. The first kappa shape index (κ1) is 22.9. The summed E-state index contributed by atoms with van der Waals surface area (Å²) in [6.45, 7) is 3.73. The first-order valence-corrected chi connectivity index (χ1v) is 10.4. The molecule has 31 heavy (non-hydrogen) atoms. The summed E-state index contributed by atoms with van der Waals surface area (Å²) in [5, 5.41) is 5.75. The van der Waals surface area contributed by atoms with Crippen molar-refractivity contribution >= 4 is 6.03 Å². The van der Waals surface area contributed by atoms with Crippen molar-refractivity contribution in [2.24, 2.45) is 0 Å². The van der Waals surface area contributed by atoms with Gasteiger partial charge in [-0.2, -0.15) is 13.2 Å². The molecule has 3 rings (SSSR count). The van der Waals surface area contributed by atoms with Gasteiger partial charge in [0.25, 0.3) is 0 Å². The number of benzene rings is 2. The zero-order chi connectivity index (χ0) is 22.3. The van der Waals surface area contributed by atoms with Crippen molar-refractivity contribution < 1.29 is 22.7 Å². The van der Waals surface area contributed by atoms with Crippen LogP contribution >= 0.6 is 0 Å². The summed E-state index contributed by atoms with van der Waals surface area (Å²) < 4.78 is 41.6. The summed E-state index contributed by atoms with van der Waals surface area (Å²) >= 11 is 0. The molecular formula is C23H28F3N3O2. The summed E-state index contributed by atoms with van der Waals surface area (Å²) in [5.41, 5.74) is 3.28. The molecule has 2 aromatic rings. The summed E-state index contributed by atoms with van der Waals surface area (Å²) in [4.78, 5) is 14.6. The van der Waals surface area contributed by atoms with Crippen LogP contribution in [0.2, 0.25) is 0 Å². The van der Waals surface area contributed by atoms with E-state index in [-0.39, 0.29) is 24.4 Å². The van der Waals surface area contributed by atoms with Crippen molar-refractivity contribution in [3.63, 3.8) is 0 Å². The molecule has 0 spiro atoms. The van der Waals surface area contributed by atoms with E-state index in [0.717, 1.165) is 32.5 Å². The highest BCUT2D eigenvalue weighted by Gasteiger charge is 2.28. The van der Waals surface area contributed by atoms with Crippen LogP contribution in [-0.2, 0) is 13.1 Å². The summed E-state index contributed by atoms with van der Waals surface area (Å²) in [5.74, 6) is 0.123. The molecule has 0 saturated carbocycles. The number of nitrogens with zero attached hydrogens (tertiary/aromatic N) is 1. The Hall–Kier alpha value is -2.74. The van der Waals surface area contributed by atoms with Crippen molar-refractivity contribution in [1.29, 1.82) is 0 Å². The Kier molecular flexibility index (Phi) is 7.79. The van der Waals surface area contributed by atoms with Crippen LogP contribution in [-0.4, -0.2) is 42.8 Å². The molecule has 1 aliphatic rings. The summed E-state index contributed by atoms with van der Waals surface area (Å²) in [6, 6.07) is 14.5. The van der Waals surface area contributed by atoms with Gasteiger partial charge in [0.2, 0.25) is 0 Å². The number of carbonyl (C=O) groups is 1. The molecule has 0 unspecified atom stereocenters. The van der Waals surface area contributed by atoms with E-state index >= 15 is 0 Å². The second-order valence-corrected chi connectivity index (χ2v) is 7.86. The molecule has 2 N–H and O–H groups in total. The van der Waals surface area contributed by atoms with E-state index in [0.29, 0.717) is 5.56 Å². The van der Waals surface area contributed by atoms with E-state index in [4.69, 9.17) is 4.74 Å². The minimum absolute atomic E-state index is 0.106. The molecule has 5 nitrogen and oxygen atoms in total. The van der Waals surface area contributed by atoms with E-state index in [2.05, 4.69) is 40.7 Å². The molecule has 0 atom stereocenters. The molecule has 0 aliphatic carbocycles. The van der Waals surface area contributed by atoms with Crippen molar-refractivity contribution in [3.05, 3.63) is 65.2 Å². The number of amides is 2. The van der Waals surface area contributed by atoms with Gasteiger partial charge < -0.3 is 15.4 Å². The quantitative estimate of drug-likeness (QED) is 0.678. The summed E-state index contributed by atoms with van der Waals surface area (Å²) in [6.07, 6.45) is -2.64. The zero-order valence-electron chi connectivity index (χ0n) is 17.5. The molecule has 0 bridgehead atoms. The number of ether oxygens (including phenoxy) is 1. The third-order valence-electron chi connectivity index (χ3n) is 5.33. The van der Waals surface area contributed by atoms with E-state index < -0.39 is 12.8 Å². The molecule has 1 heterocycles. The number of hydrogen-bond donors (Lipinski definition) is 2. The number of carbonyl (C=O) groups excluding carboxylic acids is 1. The van der Waals surface area contributed by atoms with Crippen LogP contribution in [0.25, 0.3) is 0 Å². The minimum Gasteiger partial charge on any atom is -0.484 e. The average Bonchev–Trinajstić information content (AvgIpc) is 2.74. The van der Waals surface area contributed by atoms with Gasteiger partial charge in [0.05, 0.1) is 0 Å². The molecule has 2 amide bonds. The Morgan fingerprint density at radius 2 is 1.87 bits per heavy atom. The highest BCUT2D eigenvalue weighted by molar-refractivity contribution is 5.74. The Labute approximate surface area is 180 Å². The van der Waals surface area contributed by atoms with Crippen LogP contribution in [0.4, 0.5) is 18.0 Å². The third-order valence-corrected chi connectivity index (χ3v) is 5.33. The number of hydrogen-bond acceptors (Lipinski definition) is 3. The predicted octanol–water partition coefficient (Wildman–Crippen LogP) is 4.40. The number of urea groups is 1. The van der Waals surface area contributed by atoms with Crippen LogP contribution < -0.4 is 15.4 Å². The maximum atomic E-state index is 12.3. The zero-order valence-corrected chi connectivity index (χ0v) is 17.5. The van der Waals surface area contributed by atoms with E-state index in [1.807, 2.05) is 6.07 Å². The number of alkyl halides is 3. The van der Waals surface area contributed by atoms with Gasteiger partial charge in [0.15, 0.2) is 6.61 Å². The fraction of sp³-hybridized carbons (Fsp3) is 0.435. The number of rotatable bonds is 7. The SMILES string of the molecule is Cc1ccccc1CN1CCC(NC(=O)NCc2cccc(OCC(F)(F)F)c2)CC1. The monoisotopic (exact) mass is 435 g/mol. The Bertz CT molecular complexity index is 865. The van der Waals surface area contributed by atoms with Gasteiger partial charge in [0.1, 0.15) is 5.75 Å². The van der Waals surface area contributed by atoms with Crippen molar-refractivity contribution in [1.82, 2.24) is 15.5 Å². The molecule has 1 aliphatic heterocycles. The second-order valence-electron chi connectivity index (χ2n) is 7.86. The Morgan fingerprint density at radius 1 is 1.13 bits per heavy atom. The molecule has 2 aromatic carbocycles. The maximum Gasteiger partial charge on any atom is 0.422 e. The van der Waals surface area contributed by atoms with Gasteiger partial charge in [-0.25, -0.2) is 4.79 Å². The van der Waals surface area contributed by atoms with Gasteiger partial charge in [-0.05, 0) is 48.6 Å². The van der Waals surface area contributed by atoms with Gasteiger partial charge in [-0.3, -0.25) is 4.90 Å². The van der Waals surface area contributed by atoms with Crippen molar-refractivity contribution in [2.75, 3.05) is 19.7 Å². The van der Waals surface area contributed by atoms with Crippen LogP contribution in [0.5, 0.6) is 5.75 Å². The molecule has 0 aromatic heterocycles. The first-order valence-electron chi connectivity index (χ1n) is 10.4. The Morgan fingerprint density at radius 3 is 2.58 bits per heavy atom. The molecule has 8 heteroatoms. The fourth-order valence-electron chi connectivity index (χ4n) is 3.59. The second kappa shape index (κ2) is 10.5. The van der Waals surface area contributed by atoms with Gasteiger partial charge in [0, 0.05) is 32.2 Å². The highest BCUT2D eigenvalue weighted by atomic mass is 19.4. The minimum atomic E-state index is -4.39. The lowest BCUT2D eigenvalue weighted by molar-refractivity contribution is -0.153. The van der Waals surface area contributed by atoms with E-state index in [1.165, 1.54) is 23.3 Å². The van der Waals surface area contributed by atoms with Gasteiger partial charge in [-0.1, -0.05) is 36.4 Å².